The van der Waals surface area contributed by atoms with Crippen LogP contribution in [0.1, 0.15) is 27.0 Å². The van der Waals surface area contributed by atoms with Gasteiger partial charge in [-0.15, -0.1) is 15.3 Å². The number of nitrogens with zero attached hydrogens (tertiary/aromatic N) is 7. The van der Waals surface area contributed by atoms with E-state index in [1.54, 1.807) is 38.1 Å². The van der Waals surface area contributed by atoms with Crippen LogP contribution in [0.3, 0.4) is 0 Å². The summed E-state index contributed by atoms with van der Waals surface area (Å²) in [5.41, 5.74) is 34.9. The molecule has 13 N–H and O–H groups in total. The molecule has 5 aromatic rings. The summed E-state index contributed by atoms with van der Waals surface area (Å²) >= 11 is 0. The van der Waals surface area contributed by atoms with E-state index in [0.717, 1.165) is 23.3 Å². The van der Waals surface area contributed by atoms with Crippen molar-refractivity contribution in [3.63, 3.8) is 0 Å². The molecule has 0 aliphatic heterocycles. The molecular formula is C36H33N13O7S2. The lowest BCUT2D eigenvalue weighted by atomic mass is 9.92. The smallest absolute Gasteiger partial charge is 0.296 e. The maximum atomic E-state index is 13.9. The van der Waals surface area contributed by atoms with Crippen molar-refractivity contribution in [2.45, 2.75) is 18.7 Å². The summed E-state index contributed by atoms with van der Waals surface area (Å²) in [5, 5.41) is 28.5. The Morgan fingerprint density at radius 2 is 1.05 bits per heavy atom. The monoisotopic (exact) mass is 823 g/mol. The fraction of sp³-hybridized carbons (Fsp3) is 0.0556. The number of nitrogens with two attached hydrogens (primary N) is 5. The number of nitrogen functional groups attached to an aromatic ring is 5. The zero-order valence-electron chi connectivity index (χ0n) is 30.4. The Bertz CT molecular complexity index is 2890. The first kappa shape index (κ1) is 40.3. The highest BCUT2D eigenvalue weighted by Crippen LogP contribution is 2.41. The summed E-state index contributed by atoms with van der Waals surface area (Å²) in [5.74, 6) is -1.14. The van der Waals surface area contributed by atoms with Crippen molar-refractivity contribution in [3.8, 4) is 0 Å². The fourth-order valence-corrected chi connectivity index (χ4v) is 6.69. The molecule has 20 nitrogen and oxygen atoms in total. The van der Waals surface area contributed by atoms with E-state index in [4.69, 9.17) is 28.7 Å². The van der Waals surface area contributed by atoms with Crippen LogP contribution in [0.5, 0.6) is 0 Å². The number of aryl methyl sites for hydroxylation is 2. The number of fused-ring (bicyclic) bond motifs is 1. The first-order chi connectivity index (χ1) is 27.3. The van der Waals surface area contributed by atoms with Crippen molar-refractivity contribution in [2.24, 2.45) is 35.8 Å². The molecule has 0 fully saturated rings. The molecule has 0 amide bonds. The van der Waals surface area contributed by atoms with Crippen LogP contribution in [0.4, 0.5) is 68.2 Å². The van der Waals surface area contributed by atoms with E-state index in [-0.39, 0.29) is 16.9 Å². The number of Topliss-reactive ketones (excluding diaryl/α,β-unsaturated/α-hetero) is 1. The largest absolute Gasteiger partial charge is 0.398 e. The zero-order chi connectivity index (χ0) is 42.1. The first-order valence-corrected chi connectivity index (χ1v) is 19.5. The van der Waals surface area contributed by atoms with E-state index >= 15 is 0 Å². The lowest BCUT2D eigenvalue weighted by molar-refractivity contribution is 0.106. The Morgan fingerprint density at radius 3 is 1.52 bits per heavy atom. The van der Waals surface area contributed by atoms with Crippen LogP contribution < -0.4 is 34.1 Å². The minimum Gasteiger partial charge on any atom is -0.398 e. The molecule has 1 aliphatic carbocycles. The topological polar surface area (TPSA) is 354 Å². The summed E-state index contributed by atoms with van der Waals surface area (Å²) in [4.78, 5) is 12.0. The van der Waals surface area contributed by atoms with Crippen LogP contribution in [0, 0.1) is 13.8 Å². The summed E-state index contributed by atoms with van der Waals surface area (Å²) in [6.45, 7) is 3.59. The van der Waals surface area contributed by atoms with Gasteiger partial charge in [-0.25, -0.2) is 0 Å². The van der Waals surface area contributed by atoms with Gasteiger partial charge in [0.25, 0.3) is 20.2 Å². The third kappa shape index (κ3) is 8.69. The Morgan fingerprint density at radius 1 is 0.586 bits per heavy atom. The van der Waals surface area contributed by atoms with Crippen LogP contribution in [-0.4, -0.2) is 37.4 Å². The average Bonchev–Trinajstić information content (AvgIpc) is 3.15. The Balaban J connectivity index is 1.29. The van der Waals surface area contributed by atoms with Crippen LogP contribution in [-0.2, 0) is 20.2 Å². The molecule has 1 aliphatic rings. The van der Waals surface area contributed by atoms with Gasteiger partial charge in [-0.2, -0.15) is 37.3 Å². The third-order valence-electron chi connectivity index (χ3n) is 8.51. The van der Waals surface area contributed by atoms with Crippen LogP contribution in [0.25, 0.3) is 6.08 Å². The second-order valence-electron chi connectivity index (χ2n) is 12.7. The van der Waals surface area contributed by atoms with E-state index in [1.165, 1.54) is 48.5 Å². The Kier molecular flexibility index (Phi) is 10.8. The molecule has 0 radical (unpaired) electrons. The van der Waals surface area contributed by atoms with Gasteiger partial charge in [-0.3, -0.25) is 19.3 Å². The number of allylic oxidation sites excluding steroid dienone is 1. The van der Waals surface area contributed by atoms with E-state index < -0.39 is 58.5 Å². The number of hydrazone groups is 1. The minimum atomic E-state index is -5.15. The Hall–Kier alpha value is -7.40. The lowest BCUT2D eigenvalue weighted by Crippen LogP contribution is -2.28. The second kappa shape index (κ2) is 15.6. The van der Waals surface area contributed by atoms with E-state index in [2.05, 4.69) is 41.2 Å². The van der Waals surface area contributed by atoms with Gasteiger partial charge in [0, 0.05) is 11.4 Å². The van der Waals surface area contributed by atoms with Crippen LogP contribution in [0.15, 0.2) is 124 Å². The normalized spacial score (nSPS) is 14.1. The molecule has 0 saturated carbocycles. The number of azo groups is 3. The molecule has 0 spiro atoms. The van der Waals surface area contributed by atoms with Crippen molar-refractivity contribution >= 4 is 106 Å². The van der Waals surface area contributed by atoms with Crippen LogP contribution >= 0.6 is 0 Å². The highest BCUT2D eigenvalue weighted by atomic mass is 32.2. The highest BCUT2D eigenvalue weighted by Gasteiger charge is 2.37. The van der Waals surface area contributed by atoms with Crippen molar-refractivity contribution in [3.05, 3.63) is 106 Å². The summed E-state index contributed by atoms with van der Waals surface area (Å²) < 4.78 is 70.0. The second-order valence-corrected chi connectivity index (χ2v) is 15.4. The average molecular weight is 824 g/mol. The third-order valence-corrected chi connectivity index (χ3v) is 10.2. The predicted octanol–water partition coefficient (Wildman–Crippen LogP) is 7.60. The number of nitrogens with one attached hydrogen (secondary N) is 1. The quantitative estimate of drug-likeness (QED) is 0.0291. The molecule has 0 atom stereocenters. The molecule has 58 heavy (non-hydrogen) atoms. The molecule has 0 aromatic heterocycles. The summed E-state index contributed by atoms with van der Waals surface area (Å²) in [7, 11) is -10.3. The standard InChI is InChI=1S/C36H33N13O7S2/c1-17-11-28(26(39)15-24(17)37)46-42-20-3-7-22(8-4-20)44-48-34-30(57(51,52)53)13-19-14-31(58(54,55)56)35(36(50)32(19)33(34)41)49-45-23-9-5-21(6-10-23)43-47-29-12-18(2)25(38)16-27(29)40/h3-16,45H,37-41H2,1-2H3,(H,51,52,53)(H,54,55,56)/b46-42?,47-43?,48-44?,49-35+. The van der Waals surface area contributed by atoms with E-state index in [9.17, 15) is 30.7 Å². The van der Waals surface area contributed by atoms with Gasteiger partial charge in [-0.1, -0.05) is 0 Å². The number of carbonyl (C=O) groups excluding carboxylic acids is 1. The number of ketones is 1. The van der Waals surface area contributed by atoms with Crippen molar-refractivity contribution in [1.82, 2.24) is 0 Å². The number of anilines is 6. The van der Waals surface area contributed by atoms with Crippen molar-refractivity contribution in [1.29, 1.82) is 0 Å². The molecule has 6 rings (SSSR count). The molecule has 0 bridgehead atoms. The number of carbonyl (C=O) groups is 1. The molecule has 296 valence electrons. The molecule has 5 aromatic carbocycles. The van der Waals surface area contributed by atoms with Gasteiger partial charge in [0.1, 0.15) is 26.9 Å². The van der Waals surface area contributed by atoms with Crippen molar-refractivity contribution in [2.75, 3.05) is 34.1 Å². The molecule has 22 heteroatoms. The summed E-state index contributed by atoms with van der Waals surface area (Å²) in [6, 6.07) is 19.3. The van der Waals surface area contributed by atoms with Crippen molar-refractivity contribution < 1.29 is 30.7 Å². The Labute approximate surface area is 330 Å². The van der Waals surface area contributed by atoms with E-state index in [1.807, 2.05) is 0 Å². The number of hydrogen-bond acceptors (Lipinski definition) is 18. The molecule has 0 unspecified atom stereocenters. The number of benzene rings is 5. The lowest BCUT2D eigenvalue weighted by Gasteiger charge is -2.20. The maximum absolute atomic E-state index is 13.9. The van der Waals surface area contributed by atoms with Gasteiger partial charge in [0.2, 0.25) is 5.78 Å². The molecule has 0 saturated heterocycles. The first-order valence-electron chi connectivity index (χ1n) is 16.6. The number of rotatable bonds is 10. The zero-order valence-corrected chi connectivity index (χ0v) is 32.0. The predicted molar refractivity (Wildman–Crippen MR) is 221 cm³/mol. The summed E-state index contributed by atoms with van der Waals surface area (Å²) in [6.07, 6.45) is 0.777. The van der Waals surface area contributed by atoms with Gasteiger partial charge < -0.3 is 28.7 Å². The van der Waals surface area contributed by atoms with E-state index in [0.29, 0.717) is 45.5 Å². The highest BCUT2D eigenvalue weighted by molar-refractivity contribution is 7.91. The fourth-order valence-electron chi connectivity index (χ4n) is 5.37. The number of hydrogen-bond donors (Lipinski definition) is 8. The molecule has 0 heterocycles. The van der Waals surface area contributed by atoms with Gasteiger partial charge in [0.05, 0.1) is 45.4 Å². The minimum absolute atomic E-state index is 0.170. The molecular weight excluding hydrogens is 791 g/mol. The maximum Gasteiger partial charge on any atom is 0.296 e. The van der Waals surface area contributed by atoms with Gasteiger partial charge in [-0.05, 0) is 115 Å². The van der Waals surface area contributed by atoms with Gasteiger partial charge in [0.15, 0.2) is 5.71 Å². The SMILES string of the molecule is Cc1cc(N=Nc2ccc(N=Nc3c(S(=O)(=O)O)cc4c(c3N)C(=O)/C(=N/Nc3ccc(N=Nc5cc(C)c(N)cc5N)cc3)C(S(=O)(=O)O)=C4)cc2)c(N)cc1N. The van der Waals surface area contributed by atoms with Gasteiger partial charge >= 0.3 is 0 Å². The van der Waals surface area contributed by atoms with Crippen LogP contribution in [0.2, 0.25) is 0 Å².